The molecule has 1 aromatic rings. The summed E-state index contributed by atoms with van der Waals surface area (Å²) in [6.07, 6.45) is 4.43. The molecule has 3 atom stereocenters. The van der Waals surface area contributed by atoms with Crippen molar-refractivity contribution in [3.05, 3.63) is 29.8 Å². The van der Waals surface area contributed by atoms with Gasteiger partial charge in [-0.15, -0.1) is 11.8 Å². The molecular formula is C17H23NO3S. The normalized spacial score (nSPS) is 22.8. The van der Waals surface area contributed by atoms with Gasteiger partial charge in [0, 0.05) is 10.9 Å². The van der Waals surface area contributed by atoms with Crippen LogP contribution in [0, 0.1) is 5.92 Å². The summed E-state index contributed by atoms with van der Waals surface area (Å²) in [6, 6.07) is 7.44. The van der Waals surface area contributed by atoms with Crippen LogP contribution in [0.15, 0.2) is 29.2 Å². The van der Waals surface area contributed by atoms with Gasteiger partial charge in [0.2, 0.25) is 0 Å². The zero-order valence-corrected chi connectivity index (χ0v) is 13.9. The Morgan fingerprint density at radius 1 is 1.32 bits per heavy atom. The van der Waals surface area contributed by atoms with Crippen molar-refractivity contribution in [2.45, 2.75) is 55.7 Å². The molecule has 0 aliphatic heterocycles. The molecule has 1 amide bonds. The molecule has 0 spiro atoms. The SMILES string of the molecule is CC1CCCC(NC(=O)c2ccccc2SC(C)C(=O)O)C1. The molecule has 0 heterocycles. The van der Waals surface area contributed by atoms with E-state index in [0.717, 1.165) is 24.2 Å². The predicted molar refractivity (Wildman–Crippen MR) is 88.3 cm³/mol. The second-order valence-corrected chi connectivity index (χ2v) is 7.42. The number of hydrogen-bond donors (Lipinski definition) is 2. The molecule has 120 valence electrons. The number of nitrogens with one attached hydrogen (secondary N) is 1. The van der Waals surface area contributed by atoms with Crippen LogP contribution in [0.1, 0.15) is 49.9 Å². The van der Waals surface area contributed by atoms with Crippen LogP contribution < -0.4 is 5.32 Å². The highest BCUT2D eigenvalue weighted by Crippen LogP contribution is 2.28. The highest BCUT2D eigenvalue weighted by molar-refractivity contribution is 8.00. The predicted octanol–water partition coefficient (Wildman–Crippen LogP) is 3.56. The quantitative estimate of drug-likeness (QED) is 0.814. The van der Waals surface area contributed by atoms with Crippen LogP contribution in [-0.4, -0.2) is 28.3 Å². The molecule has 2 N–H and O–H groups in total. The zero-order valence-electron chi connectivity index (χ0n) is 13.0. The smallest absolute Gasteiger partial charge is 0.316 e. The van der Waals surface area contributed by atoms with Crippen LogP contribution in [0.25, 0.3) is 0 Å². The van der Waals surface area contributed by atoms with Gasteiger partial charge < -0.3 is 10.4 Å². The Bertz CT molecular complexity index is 546. The minimum absolute atomic E-state index is 0.0974. The van der Waals surface area contributed by atoms with Gasteiger partial charge in [-0.2, -0.15) is 0 Å². The third-order valence-corrected chi connectivity index (χ3v) is 5.22. The third kappa shape index (κ3) is 4.50. The van der Waals surface area contributed by atoms with E-state index in [1.165, 1.54) is 18.2 Å². The lowest BCUT2D eigenvalue weighted by Crippen LogP contribution is -2.38. The van der Waals surface area contributed by atoms with Crippen LogP contribution in [0.3, 0.4) is 0 Å². The maximum atomic E-state index is 12.5. The van der Waals surface area contributed by atoms with Crippen molar-refractivity contribution < 1.29 is 14.7 Å². The molecule has 1 aliphatic rings. The van der Waals surface area contributed by atoms with Crippen molar-refractivity contribution >= 4 is 23.6 Å². The number of thioether (sulfide) groups is 1. The van der Waals surface area contributed by atoms with Crippen LogP contribution >= 0.6 is 11.8 Å². The first kappa shape index (κ1) is 16.9. The standard InChI is InChI=1S/C17H23NO3S/c1-11-6-5-7-13(10-11)18-16(19)14-8-3-4-9-15(14)22-12(2)17(20)21/h3-4,8-9,11-13H,5-7,10H2,1-2H3,(H,18,19)(H,20,21). The molecule has 0 aromatic heterocycles. The van der Waals surface area contributed by atoms with Gasteiger partial charge in [-0.05, 0) is 37.8 Å². The highest BCUT2D eigenvalue weighted by Gasteiger charge is 2.23. The topological polar surface area (TPSA) is 66.4 Å². The third-order valence-electron chi connectivity index (χ3n) is 4.05. The fourth-order valence-electron chi connectivity index (χ4n) is 2.83. The van der Waals surface area contributed by atoms with Crippen molar-refractivity contribution in [1.82, 2.24) is 5.32 Å². The summed E-state index contributed by atoms with van der Waals surface area (Å²) >= 11 is 1.21. The van der Waals surface area contributed by atoms with Gasteiger partial charge in [0.25, 0.3) is 5.91 Å². The molecule has 3 unspecified atom stereocenters. The summed E-state index contributed by atoms with van der Waals surface area (Å²) in [7, 11) is 0. The molecule has 1 aliphatic carbocycles. The van der Waals surface area contributed by atoms with Gasteiger partial charge in [0.05, 0.1) is 5.56 Å². The van der Waals surface area contributed by atoms with Crippen LogP contribution in [0.4, 0.5) is 0 Å². The minimum Gasteiger partial charge on any atom is -0.480 e. The van der Waals surface area contributed by atoms with E-state index in [1.54, 1.807) is 13.0 Å². The molecule has 0 radical (unpaired) electrons. The van der Waals surface area contributed by atoms with E-state index in [9.17, 15) is 9.59 Å². The van der Waals surface area contributed by atoms with E-state index in [2.05, 4.69) is 12.2 Å². The van der Waals surface area contributed by atoms with Gasteiger partial charge in [-0.1, -0.05) is 31.9 Å². The first-order chi connectivity index (χ1) is 10.5. The average Bonchev–Trinajstić information content (AvgIpc) is 2.47. The summed E-state index contributed by atoms with van der Waals surface area (Å²) in [4.78, 5) is 24.3. The van der Waals surface area contributed by atoms with E-state index >= 15 is 0 Å². The molecular weight excluding hydrogens is 298 g/mol. The number of benzene rings is 1. The van der Waals surface area contributed by atoms with Crippen molar-refractivity contribution in [2.24, 2.45) is 5.92 Å². The van der Waals surface area contributed by atoms with Gasteiger partial charge in [-0.25, -0.2) is 0 Å². The maximum absolute atomic E-state index is 12.5. The number of carboxylic acids is 1. The van der Waals surface area contributed by atoms with Crippen molar-refractivity contribution in [3.63, 3.8) is 0 Å². The Morgan fingerprint density at radius 2 is 2.05 bits per heavy atom. The van der Waals surface area contributed by atoms with E-state index < -0.39 is 11.2 Å². The van der Waals surface area contributed by atoms with Crippen molar-refractivity contribution in [2.75, 3.05) is 0 Å². The van der Waals surface area contributed by atoms with Gasteiger partial charge in [0.15, 0.2) is 0 Å². The largest absolute Gasteiger partial charge is 0.480 e. The summed E-state index contributed by atoms with van der Waals surface area (Å²) in [5.41, 5.74) is 0.568. The summed E-state index contributed by atoms with van der Waals surface area (Å²) in [6.45, 7) is 3.85. The van der Waals surface area contributed by atoms with Gasteiger partial charge in [0.1, 0.15) is 5.25 Å². The molecule has 5 heteroatoms. The second kappa shape index (κ2) is 7.68. The lowest BCUT2D eigenvalue weighted by atomic mass is 9.87. The number of aliphatic carboxylic acids is 1. The zero-order chi connectivity index (χ0) is 16.1. The van der Waals surface area contributed by atoms with Crippen LogP contribution in [0.5, 0.6) is 0 Å². The maximum Gasteiger partial charge on any atom is 0.316 e. The lowest BCUT2D eigenvalue weighted by Gasteiger charge is -2.27. The first-order valence-corrected chi connectivity index (χ1v) is 8.64. The number of hydrogen-bond acceptors (Lipinski definition) is 3. The monoisotopic (exact) mass is 321 g/mol. The Labute approximate surface area is 135 Å². The number of carbonyl (C=O) groups is 2. The fraction of sp³-hybridized carbons (Fsp3) is 0.529. The first-order valence-electron chi connectivity index (χ1n) is 7.76. The van der Waals surface area contributed by atoms with Crippen molar-refractivity contribution in [1.29, 1.82) is 0 Å². The fourth-order valence-corrected chi connectivity index (χ4v) is 3.75. The van der Waals surface area contributed by atoms with Crippen molar-refractivity contribution in [3.8, 4) is 0 Å². The summed E-state index contributed by atoms with van der Waals surface area (Å²) in [5.74, 6) is -0.322. The molecule has 0 saturated heterocycles. The number of carboxylic acid groups (broad SMARTS) is 1. The summed E-state index contributed by atoms with van der Waals surface area (Å²) in [5, 5.41) is 11.6. The van der Waals surface area contributed by atoms with Crippen LogP contribution in [0.2, 0.25) is 0 Å². The molecule has 1 fully saturated rings. The molecule has 22 heavy (non-hydrogen) atoms. The molecule has 2 rings (SSSR count). The number of rotatable bonds is 5. The second-order valence-electron chi connectivity index (χ2n) is 6.04. The van der Waals surface area contributed by atoms with E-state index in [0.29, 0.717) is 11.5 Å². The van der Waals surface area contributed by atoms with E-state index in [4.69, 9.17) is 5.11 Å². The van der Waals surface area contributed by atoms with Gasteiger partial charge in [-0.3, -0.25) is 9.59 Å². The molecule has 1 saturated carbocycles. The van der Waals surface area contributed by atoms with Gasteiger partial charge >= 0.3 is 5.97 Å². The van der Waals surface area contributed by atoms with E-state index in [1.807, 2.05) is 18.2 Å². The summed E-state index contributed by atoms with van der Waals surface area (Å²) < 4.78 is 0. The molecule has 1 aromatic carbocycles. The average molecular weight is 321 g/mol. The number of amides is 1. The molecule has 0 bridgehead atoms. The minimum atomic E-state index is -0.874. The number of carbonyl (C=O) groups excluding carboxylic acids is 1. The Hall–Kier alpha value is -1.49. The highest BCUT2D eigenvalue weighted by atomic mass is 32.2. The Kier molecular flexibility index (Phi) is 5.89. The lowest BCUT2D eigenvalue weighted by molar-refractivity contribution is -0.136. The Balaban J connectivity index is 2.07. The Morgan fingerprint density at radius 3 is 2.73 bits per heavy atom. The van der Waals surface area contributed by atoms with Crippen LogP contribution in [-0.2, 0) is 4.79 Å². The molecule has 4 nitrogen and oxygen atoms in total. The van der Waals surface area contributed by atoms with E-state index in [-0.39, 0.29) is 11.9 Å².